The summed E-state index contributed by atoms with van der Waals surface area (Å²) in [5.74, 6) is 0.815. The van der Waals surface area contributed by atoms with Gasteiger partial charge in [-0.2, -0.15) is 5.26 Å². The quantitative estimate of drug-likeness (QED) is 0.813. The maximum atomic E-state index is 8.71. The highest BCUT2D eigenvalue weighted by Gasteiger charge is 2.04. The van der Waals surface area contributed by atoms with Crippen molar-refractivity contribution in [2.24, 2.45) is 0 Å². The first-order valence-electron chi connectivity index (χ1n) is 4.33. The van der Waals surface area contributed by atoms with Crippen LogP contribution in [0.2, 0.25) is 0 Å². The average Bonchev–Trinajstić information content (AvgIpc) is 2.68. The molecule has 2 aromatic rings. The Balaban J connectivity index is 2.34. The van der Waals surface area contributed by atoms with Crippen LogP contribution in [0.1, 0.15) is 5.01 Å². The van der Waals surface area contributed by atoms with Crippen LogP contribution in [0.5, 0.6) is 5.75 Å². The van der Waals surface area contributed by atoms with Gasteiger partial charge in [0.25, 0.3) is 0 Å². The monoisotopic (exact) mass is 282 g/mol. The normalized spacial score (nSPS) is 10.1. The number of benzene rings is 1. The van der Waals surface area contributed by atoms with E-state index in [0.717, 1.165) is 21.3 Å². The lowest BCUT2D eigenvalue weighted by atomic mass is 10.3. The van der Waals surface area contributed by atoms with E-state index >= 15 is 0 Å². The van der Waals surface area contributed by atoms with Gasteiger partial charge < -0.3 is 4.74 Å². The molecule has 0 fully saturated rings. The van der Waals surface area contributed by atoms with Crippen molar-refractivity contribution in [3.8, 4) is 11.8 Å². The third-order valence-electron chi connectivity index (χ3n) is 1.80. The van der Waals surface area contributed by atoms with Crippen LogP contribution in [0.3, 0.4) is 0 Å². The Hall–Kier alpha value is -1.12. The standard InChI is InChI=1S/C10H7BrN2OS/c11-3-4-14-7-1-2-8-9(5-7)15-10(6-12)13-8/h1-2,5H,3-4H2. The minimum absolute atomic E-state index is 0.489. The molecule has 15 heavy (non-hydrogen) atoms. The number of hydrogen-bond donors (Lipinski definition) is 0. The van der Waals surface area contributed by atoms with Gasteiger partial charge in [0.1, 0.15) is 11.8 Å². The fourth-order valence-corrected chi connectivity index (χ4v) is 2.15. The molecule has 0 bridgehead atoms. The predicted octanol–water partition coefficient (Wildman–Crippen LogP) is 2.94. The largest absolute Gasteiger partial charge is 0.493 e. The Morgan fingerprint density at radius 3 is 3.13 bits per heavy atom. The Labute approximate surface area is 99.4 Å². The molecule has 1 aromatic heterocycles. The average molecular weight is 283 g/mol. The molecule has 1 heterocycles. The van der Waals surface area contributed by atoms with Crippen molar-refractivity contribution < 1.29 is 4.74 Å². The van der Waals surface area contributed by atoms with Crippen LogP contribution in [0, 0.1) is 11.3 Å². The Morgan fingerprint density at radius 2 is 2.40 bits per heavy atom. The minimum Gasteiger partial charge on any atom is -0.493 e. The summed E-state index contributed by atoms with van der Waals surface area (Å²) in [5.41, 5.74) is 0.850. The predicted molar refractivity (Wildman–Crippen MR) is 63.6 cm³/mol. The molecule has 0 saturated heterocycles. The SMILES string of the molecule is N#Cc1nc2ccc(OCCBr)cc2s1. The smallest absolute Gasteiger partial charge is 0.195 e. The number of nitriles is 1. The Kier molecular flexibility index (Phi) is 3.19. The molecule has 5 heteroatoms. The summed E-state index contributed by atoms with van der Waals surface area (Å²) in [7, 11) is 0. The zero-order chi connectivity index (χ0) is 10.7. The number of ether oxygens (including phenoxy) is 1. The van der Waals surface area contributed by atoms with Gasteiger partial charge in [-0.05, 0) is 18.2 Å². The van der Waals surface area contributed by atoms with E-state index in [4.69, 9.17) is 10.00 Å². The lowest BCUT2D eigenvalue weighted by molar-refractivity contribution is 0.345. The summed E-state index contributed by atoms with van der Waals surface area (Å²) < 4.78 is 6.44. The van der Waals surface area contributed by atoms with E-state index in [2.05, 4.69) is 20.9 Å². The van der Waals surface area contributed by atoms with Gasteiger partial charge in [0.15, 0.2) is 5.01 Å². The van der Waals surface area contributed by atoms with Gasteiger partial charge in [0.2, 0.25) is 0 Å². The van der Waals surface area contributed by atoms with Gasteiger partial charge in [-0.3, -0.25) is 0 Å². The molecule has 0 spiro atoms. The van der Waals surface area contributed by atoms with Gasteiger partial charge in [0, 0.05) is 5.33 Å². The molecule has 3 nitrogen and oxygen atoms in total. The van der Waals surface area contributed by atoms with Crippen molar-refractivity contribution in [3.63, 3.8) is 0 Å². The van der Waals surface area contributed by atoms with E-state index in [1.165, 1.54) is 11.3 Å². The third kappa shape index (κ3) is 2.28. The lowest BCUT2D eigenvalue weighted by Gasteiger charge is -2.02. The van der Waals surface area contributed by atoms with Crippen molar-refractivity contribution in [2.45, 2.75) is 0 Å². The number of rotatable bonds is 3. The van der Waals surface area contributed by atoms with E-state index in [9.17, 15) is 0 Å². The van der Waals surface area contributed by atoms with Crippen LogP contribution < -0.4 is 4.74 Å². The van der Waals surface area contributed by atoms with Gasteiger partial charge in [-0.1, -0.05) is 15.9 Å². The van der Waals surface area contributed by atoms with Gasteiger partial charge in [0.05, 0.1) is 16.8 Å². The van der Waals surface area contributed by atoms with Crippen LogP contribution >= 0.6 is 27.3 Å². The summed E-state index contributed by atoms with van der Waals surface area (Å²) in [6.45, 7) is 0.634. The van der Waals surface area contributed by atoms with Crippen molar-refractivity contribution in [2.75, 3.05) is 11.9 Å². The minimum atomic E-state index is 0.489. The zero-order valence-electron chi connectivity index (χ0n) is 7.74. The van der Waals surface area contributed by atoms with E-state index in [0.29, 0.717) is 11.6 Å². The first-order chi connectivity index (χ1) is 7.33. The van der Waals surface area contributed by atoms with Crippen LogP contribution in [0.4, 0.5) is 0 Å². The van der Waals surface area contributed by atoms with E-state index in [1.807, 2.05) is 24.3 Å². The van der Waals surface area contributed by atoms with E-state index in [-0.39, 0.29) is 0 Å². The highest BCUT2D eigenvalue weighted by Crippen LogP contribution is 2.25. The van der Waals surface area contributed by atoms with Gasteiger partial charge in [-0.15, -0.1) is 11.3 Å². The van der Waals surface area contributed by atoms with Gasteiger partial charge in [-0.25, -0.2) is 4.98 Å². The number of alkyl halides is 1. The second kappa shape index (κ2) is 4.60. The Bertz CT molecular complexity index is 518. The molecule has 0 aliphatic carbocycles. The highest BCUT2D eigenvalue weighted by molar-refractivity contribution is 9.09. The highest BCUT2D eigenvalue weighted by atomic mass is 79.9. The molecule has 1 aromatic carbocycles. The molecule has 76 valence electrons. The van der Waals surface area contributed by atoms with Crippen LogP contribution in [-0.2, 0) is 0 Å². The van der Waals surface area contributed by atoms with E-state index < -0.39 is 0 Å². The van der Waals surface area contributed by atoms with Gasteiger partial charge >= 0.3 is 0 Å². The maximum absolute atomic E-state index is 8.71. The fraction of sp³-hybridized carbons (Fsp3) is 0.200. The number of halogens is 1. The molecule has 0 aliphatic rings. The summed E-state index contributed by atoms with van der Waals surface area (Å²) >= 11 is 4.68. The molecule has 0 saturated carbocycles. The molecule has 0 amide bonds. The third-order valence-corrected chi connectivity index (χ3v) is 3.05. The molecule has 2 rings (SSSR count). The second-order valence-corrected chi connectivity index (χ2v) is 4.62. The molecule has 0 aliphatic heterocycles. The second-order valence-electron chi connectivity index (χ2n) is 2.80. The first-order valence-corrected chi connectivity index (χ1v) is 6.27. The Morgan fingerprint density at radius 1 is 1.53 bits per heavy atom. The maximum Gasteiger partial charge on any atom is 0.195 e. The molecule has 0 atom stereocenters. The van der Waals surface area contributed by atoms with Crippen molar-refractivity contribution in [1.29, 1.82) is 5.26 Å². The number of hydrogen-bond acceptors (Lipinski definition) is 4. The lowest BCUT2D eigenvalue weighted by Crippen LogP contribution is -1.96. The van der Waals surface area contributed by atoms with Crippen molar-refractivity contribution >= 4 is 37.5 Å². The molecule has 0 radical (unpaired) electrons. The first kappa shape index (κ1) is 10.4. The topological polar surface area (TPSA) is 45.9 Å². The summed E-state index contributed by atoms with van der Waals surface area (Å²) in [6, 6.07) is 7.69. The molecular weight excluding hydrogens is 276 g/mol. The number of aromatic nitrogens is 1. The number of fused-ring (bicyclic) bond motifs is 1. The molecule has 0 unspecified atom stereocenters. The van der Waals surface area contributed by atoms with Crippen LogP contribution in [0.15, 0.2) is 18.2 Å². The zero-order valence-corrected chi connectivity index (χ0v) is 10.1. The number of thiazole rings is 1. The molecular formula is C10H7BrN2OS. The summed E-state index contributed by atoms with van der Waals surface area (Å²) in [5, 5.41) is 10.0. The fourth-order valence-electron chi connectivity index (χ4n) is 1.20. The summed E-state index contributed by atoms with van der Waals surface area (Å²) in [6.07, 6.45) is 0. The summed E-state index contributed by atoms with van der Waals surface area (Å²) in [4.78, 5) is 4.15. The van der Waals surface area contributed by atoms with Crippen molar-refractivity contribution in [1.82, 2.24) is 4.98 Å². The van der Waals surface area contributed by atoms with Crippen LogP contribution in [0.25, 0.3) is 10.2 Å². The van der Waals surface area contributed by atoms with E-state index in [1.54, 1.807) is 0 Å². The van der Waals surface area contributed by atoms with Crippen molar-refractivity contribution in [3.05, 3.63) is 23.2 Å². The van der Waals surface area contributed by atoms with Crippen LogP contribution in [-0.4, -0.2) is 16.9 Å². The molecule has 0 N–H and O–H groups in total. The number of nitrogens with zero attached hydrogens (tertiary/aromatic N) is 2.